The number of carbonyl (C=O) groups is 1. The van der Waals surface area contributed by atoms with Gasteiger partial charge in [0, 0.05) is 0 Å². The minimum absolute atomic E-state index is 0.104. The second-order valence-electron chi connectivity index (χ2n) is 3.32. The lowest BCUT2D eigenvalue weighted by Gasteiger charge is -2.09. The zero-order chi connectivity index (χ0) is 12.0. The van der Waals surface area contributed by atoms with E-state index in [0.29, 0.717) is 11.5 Å². The lowest BCUT2D eigenvalue weighted by molar-refractivity contribution is -0.120. The van der Waals surface area contributed by atoms with Crippen LogP contribution in [0.3, 0.4) is 0 Å². The minimum Gasteiger partial charge on any atom is -0.493 e. The molecule has 1 aromatic rings. The molecule has 0 N–H and O–H groups in total. The summed E-state index contributed by atoms with van der Waals surface area (Å²) in [6.45, 7) is 1.83. The number of nitriles is 1. The molecule has 0 heterocycles. The van der Waals surface area contributed by atoms with Crippen molar-refractivity contribution in [3.05, 3.63) is 23.8 Å². The normalized spacial score (nSPS) is 9.31. The van der Waals surface area contributed by atoms with Gasteiger partial charge in [-0.1, -0.05) is 6.07 Å². The maximum Gasteiger partial charge on any atom is 0.184 e. The van der Waals surface area contributed by atoms with Crippen molar-refractivity contribution in [1.82, 2.24) is 0 Å². The summed E-state index contributed by atoms with van der Waals surface area (Å²) in [5, 5.41) is 8.32. The quantitative estimate of drug-likeness (QED) is 0.758. The highest BCUT2D eigenvalue weighted by molar-refractivity contribution is 5.81. The van der Waals surface area contributed by atoms with Crippen LogP contribution in [-0.4, -0.2) is 19.5 Å². The number of hydrogen-bond donors (Lipinski definition) is 0. The van der Waals surface area contributed by atoms with Gasteiger partial charge < -0.3 is 9.47 Å². The Morgan fingerprint density at radius 1 is 1.44 bits per heavy atom. The Labute approximate surface area is 94.4 Å². The van der Waals surface area contributed by atoms with E-state index in [9.17, 15) is 4.79 Å². The number of ether oxygens (including phenoxy) is 2. The molecular formula is C12H13NO3. The molecule has 0 bridgehead atoms. The molecule has 4 nitrogen and oxygen atoms in total. The first-order valence-corrected chi connectivity index (χ1v) is 4.83. The first-order valence-electron chi connectivity index (χ1n) is 4.83. The second-order valence-corrected chi connectivity index (χ2v) is 3.32. The van der Waals surface area contributed by atoms with Gasteiger partial charge >= 0.3 is 0 Å². The van der Waals surface area contributed by atoms with Gasteiger partial charge in [0.15, 0.2) is 17.3 Å². The van der Waals surface area contributed by atoms with Gasteiger partial charge in [-0.15, -0.1) is 0 Å². The average molecular weight is 219 g/mol. The Bertz CT molecular complexity index is 421. The smallest absolute Gasteiger partial charge is 0.184 e. The number of Topliss-reactive ketones (excluding diaryl/α,β-unsaturated/α-hetero) is 1. The Balaban J connectivity index is 2.67. The molecule has 0 radical (unpaired) electrons. The fourth-order valence-corrected chi connectivity index (χ4v) is 1.19. The number of rotatable bonds is 5. The van der Waals surface area contributed by atoms with E-state index in [4.69, 9.17) is 14.7 Å². The topological polar surface area (TPSA) is 59.3 Å². The maximum atomic E-state index is 11.1. The summed E-state index contributed by atoms with van der Waals surface area (Å²) in [4.78, 5) is 11.1. The number of methoxy groups -OCH3 is 1. The second kappa shape index (κ2) is 5.76. The highest BCUT2D eigenvalue weighted by Gasteiger charge is 2.07. The van der Waals surface area contributed by atoms with E-state index < -0.39 is 0 Å². The summed E-state index contributed by atoms with van der Waals surface area (Å²) >= 11 is 0. The molecule has 0 aliphatic carbocycles. The SMILES string of the molecule is COc1cc(C)ccc1OCC(=O)CC#N. The van der Waals surface area contributed by atoms with Gasteiger partial charge in [0.25, 0.3) is 0 Å². The Morgan fingerprint density at radius 2 is 2.19 bits per heavy atom. The van der Waals surface area contributed by atoms with Crippen molar-refractivity contribution in [2.45, 2.75) is 13.3 Å². The standard InChI is InChI=1S/C12H13NO3/c1-9-3-4-11(12(7-9)15-2)16-8-10(14)5-6-13/h3-4,7H,5,8H2,1-2H3. The van der Waals surface area contributed by atoms with Gasteiger partial charge in [-0.05, 0) is 24.6 Å². The van der Waals surface area contributed by atoms with Crippen molar-refractivity contribution in [1.29, 1.82) is 5.26 Å². The molecule has 1 aromatic carbocycles. The lowest BCUT2D eigenvalue weighted by atomic mass is 10.2. The first kappa shape index (κ1) is 12.1. The molecule has 0 aliphatic heterocycles. The maximum absolute atomic E-state index is 11.1. The zero-order valence-electron chi connectivity index (χ0n) is 9.32. The van der Waals surface area contributed by atoms with Crippen molar-refractivity contribution in [3.8, 4) is 17.6 Å². The van der Waals surface area contributed by atoms with Crippen LogP contribution in [-0.2, 0) is 4.79 Å². The van der Waals surface area contributed by atoms with Crippen LogP contribution < -0.4 is 9.47 Å². The molecule has 0 fully saturated rings. The third-order valence-corrected chi connectivity index (χ3v) is 1.98. The van der Waals surface area contributed by atoms with Gasteiger partial charge in [-0.3, -0.25) is 4.79 Å². The van der Waals surface area contributed by atoms with E-state index in [0.717, 1.165) is 5.56 Å². The van der Waals surface area contributed by atoms with Crippen molar-refractivity contribution in [3.63, 3.8) is 0 Å². The summed E-state index contributed by atoms with van der Waals surface area (Å²) < 4.78 is 10.4. The molecule has 0 atom stereocenters. The molecule has 84 valence electrons. The summed E-state index contributed by atoms with van der Waals surface area (Å²) in [6, 6.07) is 7.22. The average Bonchev–Trinajstić information content (AvgIpc) is 2.27. The number of carbonyl (C=O) groups excluding carboxylic acids is 1. The molecule has 16 heavy (non-hydrogen) atoms. The van der Waals surface area contributed by atoms with Crippen LogP contribution in [0.5, 0.6) is 11.5 Å². The highest BCUT2D eigenvalue weighted by atomic mass is 16.5. The van der Waals surface area contributed by atoms with Crippen LogP contribution in [0.15, 0.2) is 18.2 Å². The molecule has 4 heteroatoms. The van der Waals surface area contributed by atoms with Gasteiger partial charge in [0.05, 0.1) is 19.6 Å². The molecule has 0 amide bonds. The van der Waals surface area contributed by atoms with Gasteiger partial charge in [0.2, 0.25) is 0 Å². The molecule has 0 aromatic heterocycles. The largest absolute Gasteiger partial charge is 0.493 e. The predicted molar refractivity (Wildman–Crippen MR) is 58.5 cm³/mol. The Hall–Kier alpha value is -2.02. The number of aryl methyl sites for hydroxylation is 1. The fraction of sp³-hybridized carbons (Fsp3) is 0.333. The lowest BCUT2D eigenvalue weighted by Crippen LogP contribution is -2.10. The number of ketones is 1. The third-order valence-electron chi connectivity index (χ3n) is 1.98. The third kappa shape index (κ3) is 3.28. The van der Waals surface area contributed by atoms with Crippen molar-refractivity contribution in [2.75, 3.05) is 13.7 Å². The number of benzene rings is 1. The van der Waals surface area contributed by atoms with E-state index in [1.54, 1.807) is 19.2 Å². The molecule has 0 saturated heterocycles. The zero-order valence-corrected chi connectivity index (χ0v) is 9.32. The van der Waals surface area contributed by atoms with Crippen LogP contribution >= 0.6 is 0 Å². The summed E-state index contributed by atoms with van der Waals surface area (Å²) in [5.74, 6) is 0.856. The van der Waals surface area contributed by atoms with Crippen LogP contribution in [0.2, 0.25) is 0 Å². The van der Waals surface area contributed by atoms with Gasteiger partial charge in [-0.2, -0.15) is 5.26 Å². The van der Waals surface area contributed by atoms with Crippen LogP contribution in [0.4, 0.5) is 0 Å². The summed E-state index contributed by atoms with van der Waals surface area (Å²) in [6.07, 6.45) is -0.131. The van der Waals surface area contributed by atoms with Gasteiger partial charge in [0.1, 0.15) is 6.61 Å². The molecule has 0 spiro atoms. The number of nitrogens with zero attached hydrogens (tertiary/aromatic N) is 1. The van der Waals surface area contributed by atoms with Crippen LogP contribution in [0.1, 0.15) is 12.0 Å². The monoisotopic (exact) mass is 219 g/mol. The van der Waals surface area contributed by atoms with Crippen molar-refractivity contribution in [2.24, 2.45) is 0 Å². The molecule has 1 rings (SSSR count). The van der Waals surface area contributed by atoms with Crippen molar-refractivity contribution >= 4 is 5.78 Å². The van der Waals surface area contributed by atoms with E-state index in [2.05, 4.69) is 0 Å². The van der Waals surface area contributed by atoms with E-state index >= 15 is 0 Å². The van der Waals surface area contributed by atoms with E-state index in [-0.39, 0.29) is 18.8 Å². The molecule has 0 saturated carbocycles. The van der Waals surface area contributed by atoms with E-state index in [1.807, 2.05) is 19.1 Å². The Morgan fingerprint density at radius 3 is 2.81 bits per heavy atom. The van der Waals surface area contributed by atoms with Gasteiger partial charge in [-0.25, -0.2) is 0 Å². The first-order chi connectivity index (χ1) is 7.67. The van der Waals surface area contributed by atoms with E-state index in [1.165, 1.54) is 0 Å². The van der Waals surface area contributed by atoms with Crippen LogP contribution in [0.25, 0.3) is 0 Å². The number of hydrogen-bond acceptors (Lipinski definition) is 4. The fourth-order valence-electron chi connectivity index (χ4n) is 1.19. The Kier molecular flexibility index (Phi) is 4.34. The molecular weight excluding hydrogens is 206 g/mol. The summed E-state index contributed by atoms with van der Waals surface area (Å²) in [7, 11) is 1.54. The predicted octanol–water partition coefficient (Wildman–Crippen LogP) is 1.87. The van der Waals surface area contributed by atoms with Crippen molar-refractivity contribution < 1.29 is 14.3 Å². The van der Waals surface area contributed by atoms with Crippen LogP contribution in [0, 0.1) is 18.3 Å². The highest BCUT2D eigenvalue weighted by Crippen LogP contribution is 2.27. The molecule has 0 unspecified atom stereocenters. The summed E-state index contributed by atoms with van der Waals surface area (Å²) in [5.41, 5.74) is 1.05. The molecule has 0 aliphatic rings. The minimum atomic E-state index is -0.245.